The van der Waals surface area contributed by atoms with E-state index in [4.69, 9.17) is 4.74 Å². The lowest BCUT2D eigenvalue weighted by Gasteiger charge is -2.41. The lowest BCUT2D eigenvalue weighted by atomic mass is 9.93. The molecule has 3 nitrogen and oxygen atoms in total. The van der Waals surface area contributed by atoms with Gasteiger partial charge in [0.15, 0.2) is 0 Å². The molecule has 3 aliphatic rings. The van der Waals surface area contributed by atoms with Crippen LogP contribution in [0.2, 0.25) is 0 Å². The van der Waals surface area contributed by atoms with E-state index in [1.54, 1.807) is 7.11 Å². The van der Waals surface area contributed by atoms with Crippen molar-refractivity contribution in [2.75, 3.05) is 33.3 Å². The van der Waals surface area contributed by atoms with Crippen LogP contribution in [0.25, 0.3) is 0 Å². The van der Waals surface area contributed by atoms with Crippen LogP contribution in [0.3, 0.4) is 0 Å². The number of piperazine rings is 1. The molecular weight excluding hydrogens is 272 g/mol. The lowest BCUT2D eigenvalue weighted by Crippen LogP contribution is -2.51. The number of ether oxygens (including phenoxy) is 1. The van der Waals surface area contributed by atoms with Gasteiger partial charge < -0.3 is 4.74 Å². The van der Waals surface area contributed by atoms with Crippen molar-refractivity contribution in [3.8, 4) is 5.75 Å². The zero-order valence-corrected chi connectivity index (χ0v) is 13.7. The molecule has 0 radical (unpaired) electrons. The molecule has 3 atom stereocenters. The standard InChI is InChI=1S/C19H28N2O/c1-22-18-6-3-15(4-7-18)14-20-8-10-21(11-9-20)19-13-16-2-5-17(19)12-16/h3-4,6-7,16-17,19H,2,5,8-14H2,1H3/t16-,17-,19-/m0/s1. The van der Waals surface area contributed by atoms with Crippen LogP contribution >= 0.6 is 0 Å². The highest BCUT2D eigenvalue weighted by Gasteiger charge is 2.42. The normalized spacial score (nSPS) is 32.5. The van der Waals surface area contributed by atoms with E-state index in [0.29, 0.717) is 0 Å². The minimum Gasteiger partial charge on any atom is -0.497 e. The minimum absolute atomic E-state index is 0.918. The molecule has 1 saturated heterocycles. The van der Waals surface area contributed by atoms with Gasteiger partial charge in [-0.05, 0) is 48.8 Å². The Morgan fingerprint density at radius 1 is 1.00 bits per heavy atom. The first kappa shape index (κ1) is 14.5. The Labute approximate surface area is 134 Å². The molecule has 4 rings (SSSR count). The van der Waals surface area contributed by atoms with Crippen LogP contribution in [0.1, 0.15) is 31.2 Å². The largest absolute Gasteiger partial charge is 0.497 e. The van der Waals surface area contributed by atoms with E-state index in [1.807, 2.05) is 0 Å². The van der Waals surface area contributed by atoms with E-state index in [1.165, 1.54) is 57.4 Å². The third-order valence-corrected chi connectivity index (χ3v) is 6.14. The molecular formula is C19H28N2O. The molecule has 0 aromatic heterocycles. The Hall–Kier alpha value is -1.06. The van der Waals surface area contributed by atoms with Crippen molar-refractivity contribution in [2.24, 2.45) is 11.8 Å². The SMILES string of the molecule is COc1ccc(CN2CCN([C@H]3C[C@H]4CC[C@H]3C4)CC2)cc1. The third-order valence-electron chi connectivity index (χ3n) is 6.14. The minimum atomic E-state index is 0.918. The number of nitrogens with zero attached hydrogens (tertiary/aromatic N) is 2. The number of hydrogen-bond acceptors (Lipinski definition) is 3. The van der Waals surface area contributed by atoms with E-state index >= 15 is 0 Å². The second-order valence-electron chi connectivity index (χ2n) is 7.40. The van der Waals surface area contributed by atoms with E-state index in [2.05, 4.69) is 34.1 Å². The molecule has 1 aromatic carbocycles. The molecule has 2 saturated carbocycles. The van der Waals surface area contributed by atoms with E-state index in [-0.39, 0.29) is 0 Å². The highest BCUT2D eigenvalue weighted by molar-refractivity contribution is 5.27. The summed E-state index contributed by atoms with van der Waals surface area (Å²) in [6, 6.07) is 9.45. The molecule has 0 amide bonds. The molecule has 1 aliphatic heterocycles. The fourth-order valence-corrected chi connectivity index (χ4v) is 4.90. The summed E-state index contributed by atoms with van der Waals surface area (Å²) in [4.78, 5) is 5.40. The summed E-state index contributed by atoms with van der Waals surface area (Å²) < 4.78 is 5.23. The number of rotatable bonds is 4. The first-order chi connectivity index (χ1) is 10.8. The van der Waals surface area contributed by atoms with Crippen molar-refractivity contribution < 1.29 is 4.74 Å². The van der Waals surface area contributed by atoms with Crippen LogP contribution in [0.4, 0.5) is 0 Å². The molecule has 22 heavy (non-hydrogen) atoms. The van der Waals surface area contributed by atoms with Crippen LogP contribution in [0, 0.1) is 11.8 Å². The summed E-state index contributed by atoms with van der Waals surface area (Å²) in [5.41, 5.74) is 1.40. The molecule has 2 bridgehead atoms. The molecule has 2 aliphatic carbocycles. The second-order valence-corrected chi connectivity index (χ2v) is 7.40. The van der Waals surface area contributed by atoms with Gasteiger partial charge in [0.2, 0.25) is 0 Å². The van der Waals surface area contributed by atoms with Crippen LogP contribution in [0.15, 0.2) is 24.3 Å². The highest BCUT2D eigenvalue weighted by atomic mass is 16.5. The van der Waals surface area contributed by atoms with E-state index in [0.717, 1.165) is 30.2 Å². The van der Waals surface area contributed by atoms with Gasteiger partial charge in [-0.1, -0.05) is 18.6 Å². The maximum absolute atomic E-state index is 5.23. The number of methoxy groups -OCH3 is 1. The zero-order chi connectivity index (χ0) is 14.9. The molecule has 3 fully saturated rings. The Bertz CT molecular complexity index is 493. The molecule has 0 unspecified atom stereocenters. The summed E-state index contributed by atoms with van der Waals surface area (Å²) in [6.45, 7) is 6.06. The first-order valence-corrected chi connectivity index (χ1v) is 8.91. The van der Waals surface area contributed by atoms with Crippen molar-refractivity contribution in [3.63, 3.8) is 0 Å². The van der Waals surface area contributed by atoms with Crippen molar-refractivity contribution in [2.45, 2.75) is 38.3 Å². The molecule has 0 N–H and O–H groups in total. The summed E-state index contributed by atoms with van der Waals surface area (Å²) in [6.07, 6.45) is 6.03. The Balaban J connectivity index is 1.28. The van der Waals surface area contributed by atoms with E-state index in [9.17, 15) is 0 Å². The first-order valence-electron chi connectivity index (χ1n) is 8.91. The number of hydrogen-bond donors (Lipinski definition) is 0. The maximum Gasteiger partial charge on any atom is 0.118 e. The van der Waals surface area contributed by atoms with Gasteiger partial charge in [-0.25, -0.2) is 0 Å². The molecule has 3 heteroatoms. The van der Waals surface area contributed by atoms with E-state index < -0.39 is 0 Å². The summed E-state index contributed by atoms with van der Waals surface area (Å²) in [5, 5.41) is 0. The summed E-state index contributed by atoms with van der Waals surface area (Å²) in [5.74, 6) is 3.04. The van der Waals surface area contributed by atoms with Gasteiger partial charge in [0.1, 0.15) is 5.75 Å². The fraction of sp³-hybridized carbons (Fsp3) is 0.684. The maximum atomic E-state index is 5.23. The van der Waals surface area contributed by atoms with Crippen LogP contribution in [-0.4, -0.2) is 49.1 Å². The number of benzene rings is 1. The second kappa shape index (κ2) is 6.21. The van der Waals surface area contributed by atoms with Gasteiger partial charge in [-0.15, -0.1) is 0 Å². The van der Waals surface area contributed by atoms with Crippen molar-refractivity contribution in [1.82, 2.24) is 9.80 Å². The van der Waals surface area contributed by atoms with Gasteiger partial charge in [-0.2, -0.15) is 0 Å². The Kier molecular flexibility index (Phi) is 4.10. The van der Waals surface area contributed by atoms with Crippen molar-refractivity contribution in [1.29, 1.82) is 0 Å². The molecule has 1 aromatic rings. The van der Waals surface area contributed by atoms with Crippen molar-refractivity contribution in [3.05, 3.63) is 29.8 Å². The van der Waals surface area contributed by atoms with Crippen LogP contribution in [0.5, 0.6) is 5.75 Å². The molecule has 1 heterocycles. The predicted molar refractivity (Wildman–Crippen MR) is 89.1 cm³/mol. The number of fused-ring (bicyclic) bond motifs is 2. The molecule has 120 valence electrons. The van der Waals surface area contributed by atoms with Gasteiger partial charge in [-0.3, -0.25) is 9.80 Å². The monoisotopic (exact) mass is 300 g/mol. The summed E-state index contributed by atoms with van der Waals surface area (Å²) in [7, 11) is 1.73. The van der Waals surface area contributed by atoms with Crippen LogP contribution < -0.4 is 4.74 Å². The Morgan fingerprint density at radius 2 is 1.77 bits per heavy atom. The smallest absolute Gasteiger partial charge is 0.118 e. The average molecular weight is 300 g/mol. The lowest BCUT2D eigenvalue weighted by molar-refractivity contribution is 0.0679. The van der Waals surface area contributed by atoms with Gasteiger partial charge in [0.05, 0.1) is 7.11 Å². The highest BCUT2D eigenvalue weighted by Crippen LogP contribution is 2.46. The topological polar surface area (TPSA) is 15.7 Å². The van der Waals surface area contributed by atoms with Gasteiger partial charge in [0.25, 0.3) is 0 Å². The Morgan fingerprint density at radius 3 is 2.36 bits per heavy atom. The van der Waals surface area contributed by atoms with Crippen molar-refractivity contribution >= 4 is 0 Å². The average Bonchev–Trinajstić information content (AvgIpc) is 3.19. The zero-order valence-electron chi connectivity index (χ0n) is 13.7. The third kappa shape index (κ3) is 2.89. The summed E-state index contributed by atoms with van der Waals surface area (Å²) >= 11 is 0. The van der Waals surface area contributed by atoms with Gasteiger partial charge in [0, 0.05) is 38.8 Å². The van der Waals surface area contributed by atoms with Crippen LogP contribution in [-0.2, 0) is 6.54 Å². The molecule has 0 spiro atoms. The van der Waals surface area contributed by atoms with Gasteiger partial charge >= 0.3 is 0 Å². The quantitative estimate of drug-likeness (QED) is 0.850. The predicted octanol–water partition coefficient (Wildman–Crippen LogP) is 3.00. The fourth-order valence-electron chi connectivity index (χ4n) is 4.90.